The van der Waals surface area contributed by atoms with Gasteiger partial charge in [-0.3, -0.25) is 20.2 Å². The smallest absolute Gasteiger partial charge is 0.312 e. The second-order valence-corrected chi connectivity index (χ2v) is 7.36. The molecule has 0 saturated heterocycles. The summed E-state index contributed by atoms with van der Waals surface area (Å²) >= 11 is 0. The van der Waals surface area contributed by atoms with Crippen molar-refractivity contribution in [2.45, 2.75) is 0 Å². The van der Waals surface area contributed by atoms with Crippen molar-refractivity contribution in [2.75, 3.05) is 0 Å². The van der Waals surface area contributed by atoms with Crippen LogP contribution in [0.15, 0.2) is 84.9 Å². The molecule has 0 heterocycles. The lowest BCUT2D eigenvalue weighted by Gasteiger charge is -2.10. The van der Waals surface area contributed by atoms with Gasteiger partial charge in [0.15, 0.2) is 0 Å². The number of rotatable bonds is 7. The van der Waals surface area contributed by atoms with Gasteiger partial charge >= 0.3 is 11.4 Å². The average Bonchev–Trinajstić information content (AvgIpc) is 2.90. The van der Waals surface area contributed by atoms with Crippen LogP contribution in [-0.4, -0.2) is 9.85 Å². The number of benzene rings is 4. The number of nitrogens with zero attached hydrogens (tertiary/aromatic N) is 4. The molecule has 4 rings (SSSR count). The number of nitro groups is 2. The molecule has 10 heteroatoms. The Morgan fingerprint density at radius 1 is 0.583 bits per heavy atom. The van der Waals surface area contributed by atoms with E-state index in [1.807, 2.05) is 12.1 Å². The maximum absolute atomic E-state index is 11.7. The second-order valence-electron chi connectivity index (χ2n) is 7.36. The van der Waals surface area contributed by atoms with E-state index in [9.17, 15) is 20.2 Å². The highest BCUT2D eigenvalue weighted by Gasteiger charge is 2.21. The van der Waals surface area contributed by atoms with Crippen LogP contribution >= 0.6 is 0 Å². The van der Waals surface area contributed by atoms with Crippen LogP contribution in [0.3, 0.4) is 0 Å². The lowest BCUT2D eigenvalue weighted by atomic mass is 10.0. The molecule has 0 amide bonds. The van der Waals surface area contributed by atoms with Crippen molar-refractivity contribution in [3.8, 4) is 46.3 Å². The zero-order valence-corrected chi connectivity index (χ0v) is 18.3. The molecule has 0 aliphatic heterocycles. The van der Waals surface area contributed by atoms with E-state index in [-0.39, 0.29) is 22.9 Å². The molecular weight excluding hydrogens is 464 g/mol. The monoisotopic (exact) mass is 478 g/mol. The third-order valence-corrected chi connectivity index (χ3v) is 5.07. The number of nitriles is 2. The zero-order chi connectivity index (χ0) is 25.7. The molecule has 0 atom stereocenters. The van der Waals surface area contributed by atoms with E-state index in [4.69, 9.17) is 20.0 Å². The molecule has 10 nitrogen and oxygen atoms in total. The highest BCUT2D eigenvalue weighted by Crippen LogP contribution is 2.39. The predicted molar refractivity (Wildman–Crippen MR) is 128 cm³/mol. The molecule has 4 aromatic carbocycles. The van der Waals surface area contributed by atoms with Crippen molar-refractivity contribution in [3.63, 3.8) is 0 Å². The highest BCUT2D eigenvalue weighted by molar-refractivity contribution is 5.73. The van der Waals surface area contributed by atoms with Gasteiger partial charge in [-0.2, -0.15) is 10.5 Å². The summed E-state index contributed by atoms with van der Waals surface area (Å²) in [6.07, 6.45) is 0. The number of hydrogen-bond donors (Lipinski definition) is 0. The Bertz CT molecular complexity index is 1430. The first-order chi connectivity index (χ1) is 17.4. The average molecular weight is 478 g/mol. The first-order valence-corrected chi connectivity index (χ1v) is 10.3. The van der Waals surface area contributed by atoms with E-state index in [1.54, 1.807) is 12.1 Å². The van der Waals surface area contributed by atoms with Crippen molar-refractivity contribution in [1.82, 2.24) is 0 Å². The van der Waals surface area contributed by atoms with Gasteiger partial charge in [0.2, 0.25) is 11.5 Å². The molecule has 0 unspecified atom stereocenters. The topological polar surface area (TPSA) is 152 Å². The Morgan fingerprint density at radius 3 is 1.25 bits per heavy atom. The van der Waals surface area contributed by atoms with Crippen LogP contribution in [0, 0.1) is 42.9 Å². The van der Waals surface area contributed by atoms with Crippen LogP contribution < -0.4 is 9.47 Å². The summed E-state index contributed by atoms with van der Waals surface area (Å²) in [5.74, 6) is 0.571. The van der Waals surface area contributed by atoms with Crippen molar-refractivity contribution in [2.24, 2.45) is 0 Å². The van der Waals surface area contributed by atoms with Crippen molar-refractivity contribution < 1.29 is 19.3 Å². The highest BCUT2D eigenvalue weighted by atomic mass is 16.6. The minimum absolute atomic E-state index is 0.0243. The van der Waals surface area contributed by atoms with Gasteiger partial charge in [-0.1, -0.05) is 12.1 Å². The molecule has 174 valence electrons. The number of hydrogen-bond acceptors (Lipinski definition) is 8. The van der Waals surface area contributed by atoms with Gasteiger partial charge in [0.1, 0.15) is 11.5 Å². The molecule has 0 spiro atoms. The standard InChI is InChI=1S/C26H14N4O6/c27-15-17-1-7-21(8-2-17)35-25-11-5-19(13-23(25)29(31)32)20-6-12-26(24(14-20)30(33)34)36-22-9-3-18(16-28)4-10-22/h1-14H. The first kappa shape index (κ1) is 23.4. The van der Waals surface area contributed by atoms with E-state index in [0.717, 1.165) is 0 Å². The molecule has 0 saturated carbocycles. The van der Waals surface area contributed by atoms with E-state index in [1.165, 1.54) is 72.8 Å². The molecular formula is C26H14N4O6. The number of ether oxygens (including phenoxy) is 2. The van der Waals surface area contributed by atoms with Crippen LogP contribution in [0.25, 0.3) is 11.1 Å². The van der Waals surface area contributed by atoms with Crippen molar-refractivity contribution in [3.05, 3.63) is 116 Å². The van der Waals surface area contributed by atoms with Gasteiger partial charge in [-0.25, -0.2) is 0 Å². The van der Waals surface area contributed by atoms with Crippen LogP contribution in [0.5, 0.6) is 23.0 Å². The van der Waals surface area contributed by atoms with E-state index in [0.29, 0.717) is 33.8 Å². The third kappa shape index (κ3) is 5.09. The Morgan fingerprint density at radius 2 is 0.944 bits per heavy atom. The Balaban J connectivity index is 1.65. The van der Waals surface area contributed by atoms with Gasteiger partial charge < -0.3 is 9.47 Å². The maximum atomic E-state index is 11.7. The van der Waals surface area contributed by atoms with Crippen molar-refractivity contribution in [1.29, 1.82) is 10.5 Å². The largest absolute Gasteiger partial charge is 0.450 e. The summed E-state index contributed by atoms with van der Waals surface area (Å²) in [6, 6.07) is 24.6. The normalized spacial score (nSPS) is 10.1. The molecule has 0 fully saturated rings. The van der Waals surface area contributed by atoms with E-state index < -0.39 is 9.85 Å². The molecule has 0 N–H and O–H groups in total. The predicted octanol–water partition coefficient (Wildman–Crippen LogP) is 6.50. The lowest BCUT2D eigenvalue weighted by Crippen LogP contribution is -1.96. The first-order valence-electron chi connectivity index (χ1n) is 10.3. The molecule has 0 bridgehead atoms. The third-order valence-electron chi connectivity index (χ3n) is 5.07. The van der Waals surface area contributed by atoms with Crippen LogP contribution in [0.2, 0.25) is 0 Å². The quantitative estimate of drug-likeness (QED) is 0.215. The SMILES string of the molecule is N#Cc1ccc(Oc2ccc(-c3ccc(Oc4ccc(C#N)cc4)c([N+](=O)[O-])c3)cc2[N+](=O)[O-])cc1. The summed E-state index contributed by atoms with van der Waals surface area (Å²) < 4.78 is 11.3. The summed E-state index contributed by atoms with van der Waals surface area (Å²) in [4.78, 5) is 22.2. The van der Waals surface area contributed by atoms with Crippen LogP contribution in [-0.2, 0) is 0 Å². The lowest BCUT2D eigenvalue weighted by molar-refractivity contribution is -0.385. The van der Waals surface area contributed by atoms with E-state index in [2.05, 4.69) is 0 Å². The minimum Gasteiger partial charge on any atom is -0.450 e. The maximum Gasteiger partial charge on any atom is 0.312 e. The van der Waals surface area contributed by atoms with E-state index >= 15 is 0 Å². The van der Waals surface area contributed by atoms with Crippen molar-refractivity contribution >= 4 is 11.4 Å². The minimum atomic E-state index is -0.612. The van der Waals surface area contributed by atoms with Gasteiger partial charge in [-0.05, 0) is 71.8 Å². The summed E-state index contributed by atoms with van der Waals surface area (Å²) in [6.45, 7) is 0. The zero-order valence-electron chi connectivity index (χ0n) is 18.3. The summed E-state index contributed by atoms with van der Waals surface area (Å²) in [5, 5.41) is 41.2. The van der Waals surface area contributed by atoms with Crippen LogP contribution in [0.1, 0.15) is 11.1 Å². The molecule has 0 radical (unpaired) electrons. The fourth-order valence-electron chi connectivity index (χ4n) is 3.30. The fourth-order valence-corrected chi connectivity index (χ4v) is 3.30. The Kier molecular flexibility index (Phi) is 6.53. The summed E-state index contributed by atoms with van der Waals surface area (Å²) in [5.41, 5.74) is 0.888. The molecule has 4 aromatic rings. The second kappa shape index (κ2) is 10.0. The fraction of sp³-hybridized carbons (Fsp3) is 0. The summed E-state index contributed by atoms with van der Waals surface area (Å²) in [7, 11) is 0. The number of nitro benzene ring substituents is 2. The van der Waals surface area contributed by atoms with Gasteiger partial charge in [0.25, 0.3) is 0 Å². The Labute approximate surface area is 204 Å². The van der Waals surface area contributed by atoms with Gasteiger partial charge in [0, 0.05) is 12.1 Å². The van der Waals surface area contributed by atoms with Gasteiger partial charge in [0.05, 0.1) is 33.1 Å². The molecule has 0 aliphatic carbocycles. The molecule has 0 aromatic heterocycles. The molecule has 36 heavy (non-hydrogen) atoms. The Hall–Kier alpha value is -5.74. The molecule has 0 aliphatic rings. The van der Waals surface area contributed by atoms with Gasteiger partial charge in [-0.15, -0.1) is 0 Å². The van der Waals surface area contributed by atoms with Crippen LogP contribution in [0.4, 0.5) is 11.4 Å².